The molecule has 2 atom stereocenters. The standard InChI is InChI=1S/C22H33N5O2/c1-2-17-15-27(16-18-7-6-8-20-22(18)25-29-24-20)13-9-19(17)23-21(28)10-14-26-11-4-3-5-12-26/h6-8,17,19H,2-5,9-16H2,1H3,(H,23,28)/t17-,19+/m1/s1. The molecule has 29 heavy (non-hydrogen) atoms. The van der Waals surface area contributed by atoms with Gasteiger partial charge >= 0.3 is 0 Å². The van der Waals surface area contributed by atoms with Crippen molar-refractivity contribution < 1.29 is 9.42 Å². The predicted octanol–water partition coefficient (Wildman–Crippen LogP) is 2.82. The summed E-state index contributed by atoms with van der Waals surface area (Å²) in [6.07, 6.45) is 6.58. The Morgan fingerprint density at radius 3 is 2.86 bits per heavy atom. The van der Waals surface area contributed by atoms with Gasteiger partial charge < -0.3 is 10.2 Å². The number of piperidine rings is 2. The molecule has 4 rings (SSSR count). The van der Waals surface area contributed by atoms with Gasteiger partial charge in [0.15, 0.2) is 0 Å². The number of aromatic nitrogens is 2. The molecule has 7 heteroatoms. The Balaban J connectivity index is 1.28. The number of rotatable bonds is 7. The average molecular weight is 400 g/mol. The molecule has 2 saturated heterocycles. The molecule has 1 aromatic carbocycles. The van der Waals surface area contributed by atoms with Crippen LogP contribution in [-0.2, 0) is 11.3 Å². The van der Waals surface area contributed by atoms with Crippen LogP contribution in [0.25, 0.3) is 11.0 Å². The molecule has 7 nitrogen and oxygen atoms in total. The Morgan fingerprint density at radius 2 is 2.03 bits per heavy atom. The minimum Gasteiger partial charge on any atom is -0.353 e. The second kappa shape index (κ2) is 9.67. The lowest BCUT2D eigenvalue weighted by Crippen LogP contribution is -2.50. The monoisotopic (exact) mass is 399 g/mol. The zero-order chi connectivity index (χ0) is 20.1. The van der Waals surface area contributed by atoms with Crippen molar-refractivity contribution in [2.24, 2.45) is 5.92 Å². The highest BCUT2D eigenvalue weighted by atomic mass is 16.6. The summed E-state index contributed by atoms with van der Waals surface area (Å²) >= 11 is 0. The molecule has 2 aromatic rings. The van der Waals surface area contributed by atoms with Crippen molar-refractivity contribution in [3.63, 3.8) is 0 Å². The molecule has 0 spiro atoms. The number of hydrogen-bond acceptors (Lipinski definition) is 6. The quantitative estimate of drug-likeness (QED) is 0.772. The van der Waals surface area contributed by atoms with Crippen molar-refractivity contribution in [3.8, 4) is 0 Å². The maximum Gasteiger partial charge on any atom is 0.221 e. The van der Waals surface area contributed by atoms with Gasteiger partial charge in [-0.25, -0.2) is 4.63 Å². The number of carbonyl (C=O) groups excluding carboxylic acids is 1. The van der Waals surface area contributed by atoms with E-state index in [0.29, 0.717) is 12.3 Å². The summed E-state index contributed by atoms with van der Waals surface area (Å²) in [7, 11) is 0. The molecule has 0 saturated carbocycles. The number of hydrogen-bond donors (Lipinski definition) is 1. The summed E-state index contributed by atoms with van der Waals surface area (Å²) in [5.41, 5.74) is 2.82. The summed E-state index contributed by atoms with van der Waals surface area (Å²) in [5, 5.41) is 11.3. The second-order valence-electron chi connectivity index (χ2n) is 8.57. The lowest BCUT2D eigenvalue weighted by molar-refractivity contribution is -0.123. The number of fused-ring (bicyclic) bond motifs is 1. The molecule has 158 valence electrons. The third-order valence-corrected chi connectivity index (χ3v) is 6.56. The predicted molar refractivity (Wildman–Crippen MR) is 112 cm³/mol. The maximum absolute atomic E-state index is 12.5. The van der Waals surface area contributed by atoms with Gasteiger partial charge in [-0.1, -0.05) is 31.9 Å². The Kier molecular flexibility index (Phi) is 6.77. The fourth-order valence-corrected chi connectivity index (χ4v) is 4.81. The van der Waals surface area contributed by atoms with Crippen LogP contribution in [0.5, 0.6) is 0 Å². The van der Waals surface area contributed by atoms with Crippen molar-refractivity contribution in [2.45, 2.75) is 58.0 Å². The fourth-order valence-electron chi connectivity index (χ4n) is 4.81. The van der Waals surface area contributed by atoms with Crippen LogP contribution < -0.4 is 5.32 Å². The van der Waals surface area contributed by atoms with Gasteiger partial charge in [-0.05, 0) is 60.2 Å². The minimum absolute atomic E-state index is 0.214. The highest BCUT2D eigenvalue weighted by molar-refractivity contribution is 5.77. The number of carbonyl (C=O) groups is 1. The van der Waals surface area contributed by atoms with Crippen LogP contribution in [-0.4, -0.2) is 64.8 Å². The average Bonchev–Trinajstić information content (AvgIpc) is 3.24. The highest BCUT2D eigenvalue weighted by Gasteiger charge is 2.29. The molecule has 0 bridgehead atoms. The third-order valence-electron chi connectivity index (χ3n) is 6.56. The van der Waals surface area contributed by atoms with Crippen LogP contribution >= 0.6 is 0 Å². The number of nitrogens with zero attached hydrogens (tertiary/aromatic N) is 4. The van der Waals surface area contributed by atoms with E-state index >= 15 is 0 Å². The topological polar surface area (TPSA) is 74.5 Å². The first kappa shape index (κ1) is 20.3. The molecular weight excluding hydrogens is 366 g/mol. The van der Waals surface area contributed by atoms with Crippen molar-refractivity contribution >= 4 is 16.9 Å². The van der Waals surface area contributed by atoms with E-state index < -0.39 is 0 Å². The highest BCUT2D eigenvalue weighted by Crippen LogP contribution is 2.24. The molecular formula is C22H33N5O2. The normalized spacial score (nSPS) is 24.0. The first-order valence-electron chi connectivity index (χ1n) is 11.2. The smallest absolute Gasteiger partial charge is 0.221 e. The van der Waals surface area contributed by atoms with Crippen molar-refractivity contribution in [1.29, 1.82) is 0 Å². The van der Waals surface area contributed by atoms with E-state index in [4.69, 9.17) is 4.63 Å². The molecule has 2 fully saturated rings. The van der Waals surface area contributed by atoms with Gasteiger partial charge in [0.1, 0.15) is 11.0 Å². The zero-order valence-corrected chi connectivity index (χ0v) is 17.5. The minimum atomic E-state index is 0.214. The fraction of sp³-hybridized carbons (Fsp3) is 0.682. The summed E-state index contributed by atoms with van der Waals surface area (Å²) in [6.45, 7) is 8.25. The summed E-state index contributed by atoms with van der Waals surface area (Å²) in [6, 6.07) is 6.32. The maximum atomic E-state index is 12.5. The van der Waals surface area contributed by atoms with Crippen LogP contribution in [0.3, 0.4) is 0 Å². The van der Waals surface area contributed by atoms with Crippen LogP contribution in [0.1, 0.15) is 51.0 Å². The molecule has 0 radical (unpaired) electrons. The summed E-state index contributed by atoms with van der Waals surface area (Å²) < 4.78 is 4.90. The molecule has 0 unspecified atom stereocenters. The third kappa shape index (κ3) is 5.14. The molecule has 1 amide bonds. The van der Waals surface area contributed by atoms with E-state index in [1.165, 1.54) is 19.3 Å². The van der Waals surface area contributed by atoms with Crippen LogP contribution in [0, 0.1) is 5.92 Å². The number of nitrogens with one attached hydrogen (secondary N) is 1. The Labute approximate surface area is 172 Å². The van der Waals surface area contributed by atoms with E-state index in [2.05, 4.69) is 38.4 Å². The Morgan fingerprint density at radius 1 is 1.17 bits per heavy atom. The van der Waals surface area contributed by atoms with Crippen molar-refractivity contribution in [2.75, 3.05) is 32.7 Å². The zero-order valence-electron chi connectivity index (χ0n) is 17.5. The summed E-state index contributed by atoms with van der Waals surface area (Å²) in [4.78, 5) is 17.4. The van der Waals surface area contributed by atoms with E-state index in [1.54, 1.807) is 0 Å². The van der Waals surface area contributed by atoms with Crippen LogP contribution in [0.2, 0.25) is 0 Å². The lowest BCUT2D eigenvalue weighted by atomic mass is 9.89. The lowest BCUT2D eigenvalue weighted by Gasteiger charge is -2.38. The second-order valence-corrected chi connectivity index (χ2v) is 8.57. The molecule has 1 N–H and O–H groups in total. The van der Waals surface area contributed by atoms with Gasteiger partial charge in [0.05, 0.1) is 0 Å². The number of likely N-dealkylation sites (tertiary alicyclic amines) is 2. The molecule has 2 aliphatic heterocycles. The number of benzene rings is 1. The van der Waals surface area contributed by atoms with Crippen molar-refractivity contribution in [1.82, 2.24) is 25.4 Å². The SMILES string of the molecule is CC[C@@H]1CN(Cc2cccc3nonc23)CC[C@@H]1NC(=O)CCN1CCCCC1. The largest absolute Gasteiger partial charge is 0.353 e. The number of amides is 1. The Bertz CT molecular complexity index is 801. The molecule has 1 aromatic heterocycles. The van der Waals surface area contributed by atoms with E-state index in [-0.39, 0.29) is 11.9 Å². The summed E-state index contributed by atoms with van der Waals surface area (Å²) in [5.74, 6) is 0.697. The van der Waals surface area contributed by atoms with Crippen molar-refractivity contribution in [3.05, 3.63) is 23.8 Å². The molecule has 2 aliphatic rings. The van der Waals surface area contributed by atoms with Gasteiger partial charge in [0, 0.05) is 38.6 Å². The van der Waals surface area contributed by atoms with Crippen LogP contribution in [0.4, 0.5) is 0 Å². The van der Waals surface area contributed by atoms with Gasteiger partial charge in [-0.2, -0.15) is 0 Å². The van der Waals surface area contributed by atoms with Gasteiger partial charge in [0.25, 0.3) is 0 Å². The Hall–Kier alpha value is -1.99. The van der Waals surface area contributed by atoms with Gasteiger partial charge in [-0.3, -0.25) is 9.69 Å². The van der Waals surface area contributed by atoms with Gasteiger partial charge in [-0.15, -0.1) is 0 Å². The first-order chi connectivity index (χ1) is 14.2. The molecule has 0 aliphatic carbocycles. The van der Waals surface area contributed by atoms with E-state index in [1.807, 2.05) is 12.1 Å². The van der Waals surface area contributed by atoms with E-state index in [9.17, 15) is 4.79 Å². The molecule has 3 heterocycles. The van der Waals surface area contributed by atoms with Gasteiger partial charge in [0.2, 0.25) is 5.91 Å². The van der Waals surface area contributed by atoms with Crippen LogP contribution in [0.15, 0.2) is 22.8 Å². The first-order valence-corrected chi connectivity index (χ1v) is 11.2. The van der Waals surface area contributed by atoms with E-state index in [0.717, 1.165) is 68.7 Å².